The smallest absolute Gasteiger partial charge is 0.307 e. The quantitative estimate of drug-likeness (QED) is 0.822. The van der Waals surface area contributed by atoms with E-state index in [0.717, 1.165) is 6.42 Å². The number of carboxylic acids is 1. The molecule has 0 saturated heterocycles. The highest BCUT2D eigenvalue weighted by Gasteiger charge is 2.34. The first kappa shape index (κ1) is 15.8. The van der Waals surface area contributed by atoms with Crippen LogP contribution in [0.2, 0.25) is 0 Å². The Kier molecular flexibility index (Phi) is 5.17. The summed E-state index contributed by atoms with van der Waals surface area (Å²) in [5, 5.41) is 12.2. The van der Waals surface area contributed by atoms with Crippen LogP contribution >= 0.6 is 11.3 Å². The third kappa shape index (κ3) is 4.17. The lowest BCUT2D eigenvalue weighted by molar-refractivity contribution is -0.147. The fourth-order valence-corrected chi connectivity index (χ4v) is 3.69. The van der Waals surface area contributed by atoms with Crippen molar-refractivity contribution in [3.8, 4) is 0 Å². The molecule has 1 aromatic heterocycles. The molecular formula is C16H21NO3S. The summed E-state index contributed by atoms with van der Waals surface area (Å²) in [6.45, 7) is 4.02. The summed E-state index contributed by atoms with van der Waals surface area (Å²) in [4.78, 5) is 26.0. The monoisotopic (exact) mass is 307 g/mol. The van der Waals surface area contributed by atoms with Crippen molar-refractivity contribution < 1.29 is 14.7 Å². The molecule has 1 aromatic rings. The normalized spacial score (nSPS) is 22.8. The number of carbonyl (C=O) groups excluding carboxylic acids is 1. The summed E-state index contributed by atoms with van der Waals surface area (Å²) in [5.74, 6) is -2.10. The molecule has 21 heavy (non-hydrogen) atoms. The summed E-state index contributed by atoms with van der Waals surface area (Å²) in [7, 11) is 0. The van der Waals surface area contributed by atoms with Gasteiger partial charge in [-0.15, -0.1) is 11.3 Å². The second-order valence-electron chi connectivity index (χ2n) is 5.62. The zero-order valence-electron chi connectivity index (χ0n) is 12.3. The van der Waals surface area contributed by atoms with Crippen molar-refractivity contribution in [3.63, 3.8) is 0 Å². The van der Waals surface area contributed by atoms with Crippen LogP contribution < -0.4 is 5.32 Å². The maximum Gasteiger partial charge on any atom is 0.307 e. The zero-order chi connectivity index (χ0) is 15.4. The first-order valence-corrected chi connectivity index (χ1v) is 8.02. The lowest BCUT2D eigenvalue weighted by Crippen LogP contribution is -2.43. The van der Waals surface area contributed by atoms with E-state index in [-0.39, 0.29) is 11.9 Å². The molecule has 0 saturated carbocycles. The summed E-state index contributed by atoms with van der Waals surface area (Å²) in [6.07, 6.45) is 5.47. The number of rotatable bonds is 5. The summed E-state index contributed by atoms with van der Waals surface area (Å²) >= 11 is 1.73. The van der Waals surface area contributed by atoms with Crippen molar-refractivity contribution in [1.82, 2.24) is 5.32 Å². The van der Waals surface area contributed by atoms with E-state index in [1.165, 1.54) is 9.75 Å². The first-order valence-electron chi connectivity index (χ1n) is 7.21. The molecule has 5 heteroatoms. The minimum atomic E-state index is -0.888. The fraction of sp³-hybridized carbons (Fsp3) is 0.500. The Labute approximate surface area is 128 Å². The van der Waals surface area contributed by atoms with Crippen molar-refractivity contribution in [2.24, 2.45) is 11.8 Å². The van der Waals surface area contributed by atoms with Gasteiger partial charge in [-0.05, 0) is 38.8 Å². The number of carboxylic acid groups (broad SMARTS) is 1. The topological polar surface area (TPSA) is 66.4 Å². The van der Waals surface area contributed by atoms with Crippen LogP contribution in [0, 0.1) is 18.8 Å². The van der Waals surface area contributed by atoms with Gasteiger partial charge in [-0.25, -0.2) is 0 Å². The number of hydrogen-bond donors (Lipinski definition) is 2. The van der Waals surface area contributed by atoms with E-state index in [1.54, 1.807) is 11.3 Å². The number of nitrogens with one attached hydrogen (secondary N) is 1. The number of thiophene rings is 1. The molecule has 3 atom stereocenters. The minimum absolute atomic E-state index is 0.0101. The van der Waals surface area contributed by atoms with Gasteiger partial charge in [-0.1, -0.05) is 12.2 Å². The molecule has 2 rings (SSSR count). The van der Waals surface area contributed by atoms with Gasteiger partial charge in [0.15, 0.2) is 0 Å². The molecule has 2 N–H and O–H groups in total. The molecule has 0 radical (unpaired) electrons. The van der Waals surface area contributed by atoms with Crippen LogP contribution in [0.1, 0.15) is 29.5 Å². The Morgan fingerprint density at radius 1 is 1.33 bits per heavy atom. The number of hydrogen-bond acceptors (Lipinski definition) is 3. The summed E-state index contributed by atoms with van der Waals surface area (Å²) in [6, 6.07) is 4.16. The SMILES string of the molecule is Cc1ccc(CC(C)NC(=O)C2CC=CCC2C(=O)O)s1. The van der Waals surface area contributed by atoms with E-state index in [1.807, 2.05) is 19.1 Å². The van der Waals surface area contributed by atoms with Gasteiger partial charge < -0.3 is 10.4 Å². The average Bonchev–Trinajstić information content (AvgIpc) is 2.83. The summed E-state index contributed by atoms with van der Waals surface area (Å²) < 4.78 is 0. The van der Waals surface area contributed by atoms with Crippen LogP contribution in [0.5, 0.6) is 0 Å². The van der Waals surface area contributed by atoms with E-state index >= 15 is 0 Å². The zero-order valence-corrected chi connectivity index (χ0v) is 13.2. The van der Waals surface area contributed by atoms with Gasteiger partial charge in [0, 0.05) is 22.2 Å². The van der Waals surface area contributed by atoms with Crippen LogP contribution in [0.3, 0.4) is 0 Å². The van der Waals surface area contributed by atoms with Crippen LogP contribution in [-0.2, 0) is 16.0 Å². The van der Waals surface area contributed by atoms with Crippen LogP contribution in [0.4, 0.5) is 0 Å². The standard InChI is InChI=1S/C16H21NO3S/c1-10(9-12-8-7-11(2)21-12)17-15(18)13-5-3-4-6-14(13)16(19)20/h3-4,7-8,10,13-14H,5-6,9H2,1-2H3,(H,17,18)(H,19,20). The lowest BCUT2D eigenvalue weighted by Gasteiger charge is -2.25. The van der Waals surface area contributed by atoms with Gasteiger partial charge >= 0.3 is 5.97 Å². The Balaban J connectivity index is 1.93. The van der Waals surface area contributed by atoms with Gasteiger partial charge in [-0.3, -0.25) is 9.59 Å². The molecule has 0 aromatic carbocycles. The number of amides is 1. The maximum atomic E-state index is 12.3. The second kappa shape index (κ2) is 6.89. The Morgan fingerprint density at radius 2 is 2.00 bits per heavy atom. The van der Waals surface area contributed by atoms with E-state index in [4.69, 9.17) is 0 Å². The van der Waals surface area contributed by atoms with E-state index in [0.29, 0.717) is 12.8 Å². The second-order valence-corrected chi connectivity index (χ2v) is 6.99. The van der Waals surface area contributed by atoms with Crippen molar-refractivity contribution in [1.29, 1.82) is 0 Å². The molecule has 1 heterocycles. The van der Waals surface area contributed by atoms with Gasteiger partial charge in [-0.2, -0.15) is 0 Å². The predicted octanol–water partition coefficient (Wildman–Crippen LogP) is 2.77. The highest BCUT2D eigenvalue weighted by molar-refractivity contribution is 7.11. The molecular weight excluding hydrogens is 286 g/mol. The van der Waals surface area contributed by atoms with Gasteiger partial charge in [0.25, 0.3) is 0 Å². The molecule has 1 aliphatic rings. The molecule has 0 aliphatic heterocycles. The first-order chi connectivity index (χ1) is 9.97. The molecule has 4 nitrogen and oxygen atoms in total. The fourth-order valence-electron chi connectivity index (χ4n) is 2.67. The maximum absolute atomic E-state index is 12.3. The van der Waals surface area contributed by atoms with Gasteiger partial charge in [0.05, 0.1) is 11.8 Å². The van der Waals surface area contributed by atoms with Crippen molar-refractivity contribution in [2.75, 3.05) is 0 Å². The molecule has 114 valence electrons. The molecule has 0 fully saturated rings. The molecule has 1 aliphatic carbocycles. The van der Waals surface area contributed by atoms with E-state index in [2.05, 4.69) is 24.4 Å². The highest BCUT2D eigenvalue weighted by Crippen LogP contribution is 2.26. The summed E-state index contributed by atoms with van der Waals surface area (Å²) in [5.41, 5.74) is 0. The number of aryl methyl sites for hydroxylation is 1. The van der Waals surface area contributed by atoms with E-state index < -0.39 is 17.8 Å². The van der Waals surface area contributed by atoms with E-state index in [9.17, 15) is 14.7 Å². The van der Waals surface area contributed by atoms with Crippen LogP contribution in [-0.4, -0.2) is 23.0 Å². The number of carbonyl (C=O) groups is 2. The molecule has 0 spiro atoms. The predicted molar refractivity (Wildman–Crippen MR) is 83.4 cm³/mol. The highest BCUT2D eigenvalue weighted by atomic mass is 32.1. The number of allylic oxidation sites excluding steroid dienone is 2. The Morgan fingerprint density at radius 3 is 2.57 bits per heavy atom. The van der Waals surface area contributed by atoms with Crippen molar-refractivity contribution >= 4 is 23.2 Å². The average molecular weight is 307 g/mol. The molecule has 3 unspecified atom stereocenters. The molecule has 0 bridgehead atoms. The third-order valence-corrected chi connectivity index (χ3v) is 4.80. The Bertz CT molecular complexity index is 549. The lowest BCUT2D eigenvalue weighted by atomic mass is 9.82. The largest absolute Gasteiger partial charge is 0.481 e. The van der Waals surface area contributed by atoms with Crippen LogP contribution in [0.25, 0.3) is 0 Å². The third-order valence-electron chi connectivity index (χ3n) is 3.78. The van der Waals surface area contributed by atoms with Gasteiger partial charge in [0.2, 0.25) is 5.91 Å². The minimum Gasteiger partial charge on any atom is -0.481 e. The van der Waals surface area contributed by atoms with Crippen molar-refractivity contribution in [3.05, 3.63) is 34.0 Å². The number of aliphatic carboxylic acids is 1. The molecule has 1 amide bonds. The van der Waals surface area contributed by atoms with Crippen molar-refractivity contribution in [2.45, 2.75) is 39.2 Å². The van der Waals surface area contributed by atoms with Crippen LogP contribution in [0.15, 0.2) is 24.3 Å². The Hall–Kier alpha value is -1.62. The van der Waals surface area contributed by atoms with Gasteiger partial charge in [0.1, 0.15) is 0 Å².